The van der Waals surface area contributed by atoms with Crippen molar-refractivity contribution in [2.24, 2.45) is 0 Å². The predicted molar refractivity (Wildman–Crippen MR) is 127 cm³/mol. The van der Waals surface area contributed by atoms with Crippen LogP contribution in [0.3, 0.4) is 0 Å². The summed E-state index contributed by atoms with van der Waals surface area (Å²) in [4.78, 5) is 28.5. The van der Waals surface area contributed by atoms with Gasteiger partial charge in [-0.15, -0.1) is 0 Å². The maximum atomic E-state index is 12.6. The molecular formula is C25H21ClN4O4. The Morgan fingerprint density at radius 1 is 1.24 bits per heavy atom. The zero-order chi connectivity index (χ0) is 23.4. The van der Waals surface area contributed by atoms with Gasteiger partial charge in [-0.05, 0) is 49.2 Å². The quantitative estimate of drug-likeness (QED) is 0.503. The summed E-state index contributed by atoms with van der Waals surface area (Å²) in [6, 6.07) is 12.5. The fourth-order valence-electron chi connectivity index (χ4n) is 4.65. The van der Waals surface area contributed by atoms with Crippen LogP contribution in [0.15, 0.2) is 48.7 Å². The first-order valence-electron chi connectivity index (χ1n) is 11.1. The molecule has 3 aromatic rings. The number of rotatable bonds is 4. The van der Waals surface area contributed by atoms with Crippen molar-refractivity contribution in [3.05, 3.63) is 70.4 Å². The van der Waals surface area contributed by atoms with Gasteiger partial charge in [-0.3, -0.25) is 4.79 Å². The lowest BCUT2D eigenvalue weighted by molar-refractivity contribution is -0.116. The van der Waals surface area contributed by atoms with Crippen LogP contribution in [0.25, 0.3) is 0 Å². The van der Waals surface area contributed by atoms with Crippen LogP contribution in [0.1, 0.15) is 29.0 Å². The minimum absolute atomic E-state index is 0.0427. The predicted octanol–water partition coefficient (Wildman–Crippen LogP) is 4.77. The molecule has 0 saturated heterocycles. The van der Waals surface area contributed by atoms with Gasteiger partial charge in [0, 0.05) is 23.7 Å². The van der Waals surface area contributed by atoms with Crippen LogP contribution >= 0.6 is 11.6 Å². The number of amides is 3. The number of hydrogen-bond acceptors (Lipinski definition) is 5. The first kappa shape index (κ1) is 20.8. The molecule has 34 heavy (non-hydrogen) atoms. The summed E-state index contributed by atoms with van der Waals surface area (Å²) in [5.74, 6) is 2.69. The maximum Gasteiger partial charge on any atom is 0.319 e. The normalized spacial score (nSPS) is 21.4. The number of hydrogen-bond donors (Lipinski definition) is 3. The van der Waals surface area contributed by atoms with E-state index in [-0.39, 0.29) is 30.0 Å². The second-order valence-electron chi connectivity index (χ2n) is 8.65. The first-order valence-corrected chi connectivity index (χ1v) is 11.4. The topological polar surface area (TPSA) is 102 Å². The van der Waals surface area contributed by atoms with Crippen molar-refractivity contribution >= 4 is 35.0 Å². The molecule has 3 unspecified atom stereocenters. The number of nitrogens with one attached hydrogen (secondary N) is 3. The number of benzene rings is 2. The number of carbonyl (C=O) groups excluding carboxylic acids is 2. The molecule has 2 aromatic carbocycles. The Labute approximate surface area is 200 Å². The number of pyridine rings is 1. The third-order valence-electron chi connectivity index (χ3n) is 6.42. The molecule has 3 atom stereocenters. The monoisotopic (exact) mass is 476 g/mol. The highest BCUT2D eigenvalue weighted by atomic mass is 35.5. The minimum atomic E-state index is -0.321. The highest BCUT2D eigenvalue weighted by Gasteiger charge is 2.59. The van der Waals surface area contributed by atoms with Crippen LogP contribution in [0.5, 0.6) is 17.2 Å². The Bertz CT molecular complexity index is 1320. The van der Waals surface area contributed by atoms with Gasteiger partial charge >= 0.3 is 6.03 Å². The van der Waals surface area contributed by atoms with E-state index in [0.29, 0.717) is 40.9 Å². The van der Waals surface area contributed by atoms with Gasteiger partial charge in [-0.1, -0.05) is 23.7 Å². The molecule has 8 nitrogen and oxygen atoms in total. The summed E-state index contributed by atoms with van der Waals surface area (Å²) in [6.45, 7) is 1.89. The zero-order valence-electron chi connectivity index (χ0n) is 18.2. The van der Waals surface area contributed by atoms with Crippen LogP contribution < -0.4 is 25.4 Å². The molecule has 9 heteroatoms. The summed E-state index contributed by atoms with van der Waals surface area (Å²) >= 11 is 6.22. The molecule has 1 aliphatic carbocycles. The van der Waals surface area contributed by atoms with E-state index >= 15 is 0 Å². The third kappa shape index (κ3) is 3.60. The molecule has 172 valence electrons. The Hall–Kier alpha value is -3.78. The van der Waals surface area contributed by atoms with Gasteiger partial charge in [0.2, 0.25) is 5.91 Å². The van der Waals surface area contributed by atoms with E-state index in [9.17, 15) is 9.59 Å². The highest BCUT2D eigenvalue weighted by Crippen LogP contribution is 2.54. The fourth-order valence-corrected chi connectivity index (χ4v) is 4.92. The first-order chi connectivity index (χ1) is 16.5. The van der Waals surface area contributed by atoms with Crippen LogP contribution in [0.2, 0.25) is 5.02 Å². The molecule has 0 spiro atoms. The van der Waals surface area contributed by atoms with Crippen LogP contribution in [0, 0.1) is 6.92 Å². The summed E-state index contributed by atoms with van der Waals surface area (Å²) in [7, 11) is 0. The van der Waals surface area contributed by atoms with Crippen molar-refractivity contribution in [1.29, 1.82) is 0 Å². The second kappa shape index (κ2) is 7.92. The molecule has 6 rings (SSSR count). The molecule has 3 amide bonds. The molecule has 3 heterocycles. The number of carbonyl (C=O) groups is 2. The Balaban J connectivity index is 1.16. The summed E-state index contributed by atoms with van der Waals surface area (Å²) in [6.07, 6.45) is 2.49. The van der Waals surface area contributed by atoms with E-state index in [4.69, 9.17) is 21.1 Å². The zero-order valence-corrected chi connectivity index (χ0v) is 19.0. The summed E-state index contributed by atoms with van der Waals surface area (Å²) < 4.78 is 12.2. The van der Waals surface area contributed by atoms with Crippen LogP contribution in [0.4, 0.5) is 16.3 Å². The van der Waals surface area contributed by atoms with Crippen LogP contribution in [-0.4, -0.2) is 29.1 Å². The number of nitrogens with zero attached hydrogens (tertiary/aromatic N) is 1. The average molecular weight is 477 g/mol. The van der Waals surface area contributed by atoms with Gasteiger partial charge in [0.25, 0.3) is 0 Å². The van der Waals surface area contributed by atoms with Crippen molar-refractivity contribution in [3.63, 3.8) is 0 Å². The molecule has 3 aliphatic rings. The molecule has 1 fully saturated rings. The van der Waals surface area contributed by atoms with E-state index in [1.165, 1.54) is 0 Å². The summed E-state index contributed by atoms with van der Waals surface area (Å²) in [5, 5.41) is 9.11. The number of urea groups is 1. The lowest BCUT2D eigenvalue weighted by atomic mass is 10.1. The fraction of sp³-hybridized carbons (Fsp3) is 0.240. The molecule has 3 N–H and O–H groups in total. The third-order valence-corrected chi connectivity index (χ3v) is 6.73. The van der Waals surface area contributed by atoms with E-state index in [2.05, 4.69) is 20.9 Å². The SMILES string of the molecule is Cc1cccc(Cl)c1NC(=O)NC1C2Oc3ccc(Oc4ccnc5c4CCC(=O)N5)cc3C12. The molecule has 1 aromatic heterocycles. The number of aromatic nitrogens is 1. The minimum Gasteiger partial charge on any atom is -0.487 e. The van der Waals surface area contributed by atoms with Gasteiger partial charge in [0.05, 0.1) is 22.7 Å². The van der Waals surface area contributed by atoms with Gasteiger partial charge in [-0.2, -0.15) is 0 Å². The number of fused-ring (bicyclic) bond motifs is 4. The van der Waals surface area contributed by atoms with Crippen molar-refractivity contribution in [2.75, 3.05) is 10.6 Å². The Morgan fingerprint density at radius 3 is 2.97 bits per heavy atom. The standard InChI is InChI=1S/C25H21ClN4O4/c1-12-3-2-4-16(26)21(12)29-25(32)30-22-20-15-11-13(5-7-17(15)34-23(20)22)33-18-9-10-27-24-14(18)6-8-19(31)28-24/h2-5,7,9-11,20,22-23H,6,8H2,1H3,(H,27,28,31)(H2,29,30,32). The lowest BCUT2D eigenvalue weighted by Crippen LogP contribution is -2.34. The van der Waals surface area contributed by atoms with Gasteiger partial charge in [0.15, 0.2) is 0 Å². The number of anilines is 2. The molecule has 0 radical (unpaired) electrons. The molecule has 2 aliphatic heterocycles. The van der Waals surface area contributed by atoms with Crippen LogP contribution in [-0.2, 0) is 11.2 Å². The second-order valence-corrected chi connectivity index (χ2v) is 9.06. The maximum absolute atomic E-state index is 12.6. The number of halogens is 1. The molecular weight excluding hydrogens is 456 g/mol. The van der Waals surface area contributed by atoms with E-state index < -0.39 is 0 Å². The highest BCUT2D eigenvalue weighted by molar-refractivity contribution is 6.33. The van der Waals surface area contributed by atoms with Crippen molar-refractivity contribution in [3.8, 4) is 17.2 Å². The Morgan fingerprint density at radius 2 is 2.12 bits per heavy atom. The van der Waals surface area contributed by atoms with Crippen molar-refractivity contribution in [1.82, 2.24) is 10.3 Å². The van der Waals surface area contributed by atoms with Gasteiger partial charge in [0.1, 0.15) is 29.2 Å². The molecule has 1 saturated carbocycles. The largest absolute Gasteiger partial charge is 0.487 e. The number of aryl methyl sites for hydroxylation is 1. The van der Waals surface area contributed by atoms with E-state index in [1.54, 1.807) is 18.3 Å². The van der Waals surface area contributed by atoms with Gasteiger partial charge < -0.3 is 25.4 Å². The number of ether oxygens (including phenoxy) is 2. The molecule has 0 bridgehead atoms. The number of para-hydroxylation sites is 1. The Kier molecular flexibility index (Phi) is 4.84. The van der Waals surface area contributed by atoms with E-state index in [1.807, 2.05) is 37.3 Å². The van der Waals surface area contributed by atoms with Crippen molar-refractivity contribution in [2.45, 2.75) is 37.8 Å². The van der Waals surface area contributed by atoms with Crippen molar-refractivity contribution < 1.29 is 19.1 Å². The lowest BCUT2D eigenvalue weighted by Gasteiger charge is -2.19. The van der Waals surface area contributed by atoms with Gasteiger partial charge in [-0.25, -0.2) is 9.78 Å². The smallest absolute Gasteiger partial charge is 0.319 e. The van der Waals surface area contributed by atoms with E-state index in [0.717, 1.165) is 22.4 Å². The average Bonchev–Trinajstić information content (AvgIpc) is 3.32. The summed E-state index contributed by atoms with van der Waals surface area (Å²) in [5.41, 5.74) is 3.37.